The number of ether oxygens (including phenoxy) is 1. The number of alkyl halides is 3. The van der Waals surface area contributed by atoms with Gasteiger partial charge in [0.1, 0.15) is 12.4 Å². The van der Waals surface area contributed by atoms with Gasteiger partial charge in [0.25, 0.3) is 0 Å². The summed E-state index contributed by atoms with van der Waals surface area (Å²) >= 11 is 7.81. The Morgan fingerprint density at radius 1 is 1.34 bits per heavy atom. The number of hydrogen-bond acceptors (Lipinski definition) is 7. The highest BCUT2D eigenvalue weighted by Crippen LogP contribution is 2.34. The smallest absolute Gasteiger partial charge is 0.439 e. The monoisotopic (exact) mass is 488 g/mol. The van der Waals surface area contributed by atoms with Gasteiger partial charge < -0.3 is 4.74 Å². The van der Waals surface area contributed by atoms with Crippen LogP contribution in [-0.2, 0) is 6.61 Å². The van der Waals surface area contributed by atoms with Crippen LogP contribution in [0.25, 0.3) is 11.4 Å². The minimum absolute atomic E-state index is 0.162. The van der Waals surface area contributed by atoms with Crippen LogP contribution in [0.4, 0.5) is 13.2 Å². The Kier molecular flexibility index (Phi) is 6.59. The van der Waals surface area contributed by atoms with Gasteiger partial charge in [-0.05, 0) is 51.1 Å². The summed E-state index contributed by atoms with van der Waals surface area (Å²) in [7, 11) is 0. The Morgan fingerprint density at radius 3 is 2.72 bits per heavy atom. The summed E-state index contributed by atoms with van der Waals surface area (Å²) in [6, 6.07) is 5.00. The Labute approximate surface area is 190 Å². The van der Waals surface area contributed by atoms with Crippen LogP contribution in [0.1, 0.15) is 34.3 Å². The molecule has 3 aromatic rings. The molecule has 1 N–H and O–H groups in total. The first-order valence-electron chi connectivity index (χ1n) is 9.92. The summed E-state index contributed by atoms with van der Waals surface area (Å²) in [5.41, 5.74) is 1.36. The van der Waals surface area contributed by atoms with E-state index in [1.165, 1.54) is 16.2 Å². The summed E-state index contributed by atoms with van der Waals surface area (Å²) in [5.74, 6) is 0.268. The maximum atomic E-state index is 12.6. The third-order valence-corrected chi connectivity index (χ3v) is 6.86. The molecule has 4 rings (SSSR count). The molecule has 0 bridgehead atoms. The molecule has 1 saturated heterocycles. The number of likely N-dealkylation sites (tertiary alicyclic amines) is 1. The predicted molar refractivity (Wildman–Crippen MR) is 113 cm³/mol. The lowest BCUT2D eigenvalue weighted by molar-refractivity contribution is -0.147. The van der Waals surface area contributed by atoms with Crippen molar-refractivity contribution in [3.8, 4) is 17.1 Å². The van der Waals surface area contributed by atoms with Gasteiger partial charge in [-0.15, -0.1) is 11.3 Å². The molecule has 0 aliphatic carbocycles. The van der Waals surface area contributed by atoms with Gasteiger partial charge in [-0.1, -0.05) is 16.8 Å². The van der Waals surface area contributed by atoms with E-state index in [4.69, 9.17) is 16.3 Å². The van der Waals surface area contributed by atoms with Gasteiger partial charge in [0.2, 0.25) is 0 Å². The molecule has 12 heteroatoms. The maximum Gasteiger partial charge on any atom is 0.439 e. The summed E-state index contributed by atoms with van der Waals surface area (Å²) in [6.07, 6.45) is -2.85. The average molecular weight is 489 g/mol. The molecule has 0 radical (unpaired) electrons. The van der Waals surface area contributed by atoms with Crippen molar-refractivity contribution >= 4 is 22.9 Å². The molecular weight excluding hydrogens is 469 g/mol. The first kappa shape index (κ1) is 22.8. The van der Waals surface area contributed by atoms with Crippen molar-refractivity contribution < 1.29 is 22.4 Å². The van der Waals surface area contributed by atoms with Crippen LogP contribution >= 0.6 is 22.9 Å². The molecule has 0 unspecified atom stereocenters. The largest absolute Gasteiger partial charge is 0.488 e. The number of benzene rings is 1. The Balaban J connectivity index is 1.36. The van der Waals surface area contributed by atoms with Crippen molar-refractivity contribution in [3.63, 3.8) is 0 Å². The van der Waals surface area contributed by atoms with Gasteiger partial charge in [-0.3, -0.25) is 14.4 Å². The van der Waals surface area contributed by atoms with Gasteiger partial charge in [-0.2, -0.15) is 13.2 Å². The SMILES string of the molecule is Cc1nc(C2CCN(CC(F)(F)F)CC2)sc1COc1ccc(-c2noc(=O)[nH]2)c(Cl)c1. The molecule has 2 aromatic heterocycles. The van der Waals surface area contributed by atoms with Crippen molar-refractivity contribution in [2.24, 2.45) is 0 Å². The Morgan fingerprint density at radius 2 is 2.09 bits per heavy atom. The molecule has 1 fully saturated rings. The topological polar surface area (TPSA) is 84.2 Å². The molecule has 0 spiro atoms. The van der Waals surface area contributed by atoms with Crippen LogP contribution in [0.2, 0.25) is 5.02 Å². The van der Waals surface area contributed by atoms with Gasteiger partial charge >= 0.3 is 11.9 Å². The van der Waals surface area contributed by atoms with Crippen molar-refractivity contribution in [1.82, 2.24) is 20.0 Å². The van der Waals surface area contributed by atoms with E-state index in [9.17, 15) is 18.0 Å². The van der Waals surface area contributed by atoms with E-state index in [-0.39, 0.29) is 11.7 Å². The molecule has 0 saturated carbocycles. The molecule has 1 aromatic carbocycles. The van der Waals surface area contributed by atoms with Crippen LogP contribution in [0, 0.1) is 6.92 Å². The fourth-order valence-electron chi connectivity index (χ4n) is 3.62. The lowest BCUT2D eigenvalue weighted by atomic mass is 9.97. The highest BCUT2D eigenvalue weighted by atomic mass is 35.5. The molecule has 1 aliphatic heterocycles. The zero-order valence-electron chi connectivity index (χ0n) is 17.0. The quantitative estimate of drug-likeness (QED) is 0.538. The highest BCUT2D eigenvalue weighted by molar-refractivity contribution is 7.11. The molecule has 0 amide bonds. The molecule has 172 valence electrons. The average Bonchev–Trinajstić information content (AvgIpc) is 3.31. The van der Waals surface area contributed by atoms with E-state index in [1.54, 1.807) is 18.2 Å². The third-order valence-electron chi connectivity index (χ3n) is 5.25. The fourth-order valence-corrected chi connectivity index (χ4v) is 5.03. The van der Waals surface area contributed by atoms with Crippen LogP contribution < -0.4 is 10.5 Å². The number of nitrogens with zero attached hydrogens (tertiary/aromatic N) is 3. The minimum atomic E-state index is -4.16. The zero-order chi connectivity index (χ0) is 22.9. The van der Waals surface area contributed by atoms with Gasteiger partial charge in [0, 0.05) is 11.5 Å². The van der Waals surface area contributed by atoms with E-state index in [1.807, 2.05) is 6.92 Å². The predicted octanol–water partition coefficient (Wildman–Crippen LogP) is 4.77. The number of thiazole rings is 1. The number of rotatable bonds is 6. The van der Waals surface area contributed by atoms with E-state index >= 15 is 0 Å². The van der Waals surface area contributed by atoms with Crippen LogP contribution in [-0.4, -0.2) is 45.8 Å². The van der Waals surface area contributed by atoms with Crippen molar-refractivity contribution in [1.29, 1.82) is 0 Å². The van der Waals surface area contributed by atoms with Crippen molar-refractivity contribution in [3.05, 3.63) is 49.4 Å². The standard InChI is InChI=1S/C20H20ClF3N4O3S/c1-11-16(32-18(25-11)12-4-6-28(7-5-12)10-20(22,23)24)9-30-13-2-3-14(15(21)8-13)17-26-19(29)31-27-17/h2-3,8,12H,4-7,9-10H2,1H3,(H,26,27,29). The zero-order valence-corrected chi connectivity index (χ0v) is 18.6. The number of hydrogen-bond donors (Lipinski definition) is 1. The molecule has 3 heterocycles. The van der Waals surface area contributed by atoms with Crippen molar-refractivity contribution in [2.75, 3.05) is 19.6 Å². The first-order chi connectivity index (χ1) is 15.2. The Bertz CT molecular complexity index is 1140. The maximum absolute atomic E-state index is 12.6. The highest BCUT2D eigenvalue weighted by Gasteiger charge is 2.33. The molecule has 1 aliphatic rings. The van der Waals surface area contributed by atoms with Crippen LogP contribution in [0.5, 0.6) is 5.75 Å². The van der Waals surface area contributed by atoms with Gasteiger partial charge in [-0.25, -0.2) is 9.78 Å². The lowest BCUT2D eigenvalue weighted by Crippen LogP contribution is -2.39. The van der Waals surface area contributed by atoms with E-state index in [0.29, 0.717) is 48.9 Å². The summed E-state index contributed by atoms with van der Waals surface area (Å²) in [4.78, 5) is 20.6. The number of aryl methyl sites for hydroxylation is 1. The first-order valence-corrected chi connectivity index (χ1v) is 11.1. The number of aromatic nitrogens is 3. The van der Waals surface area contributed by atoms with Crippen LogP contribution in [0.3, 0.4) is 0 Å². The number of piperidine rings is 1. The molecule has 0 atom stereocenters. The van der Waals surface area contributed by atoms with Crippen LogP contribution in [0.15, 0.2) is 27.5 Å². The number of nitrogens with one attached hydrogen (secondary N) is 1. The number of H-pyrrole nitrogens is 1. The van der Waals surface area contributed by atoms with E-state index < -0.39 is 18.5 Å². The second kappa shape index (κ2) is 9.24. The van der Waals surface area contributed by atoms with Gasteiger partial charge in [0.15, 0.2) is 5.82 Å². The summed E-state index contributed by atoms with van der Waals surface area (Å²) in [5, 5.41) is 4.90. The molecular formula is C20H20ClF3N4O3S. The second-order valence-corrected chi connectivity index (χ2v) is 9.12. The normalized spacial score (nSPS) is 15.9. The summed E-state index contributed by atoms with van der Waals surface area (Å²) in [6.45, 7) is 2.16. The van der Waals surface area contributed by atoms with Gasteiger partial charge in [0.05, 0.1) is 27.1 Å². The van der Waals surface area contributed by atoms with E-state index in [2.05, 4.69) is 19.6 Å². The second-order valence-electron chi connectivity index (χ2n) is 7.60. The van der Waals surface area contributed by atoms with E-state index in [0.717, 1.165) is 15.6 Å². The third kappa shape index (κ3) is 5.51. The lowest BCUT2D eigenvalue weighted by Gasteiger charge is -2.31. The summed E-state index contributed by atoms with van der Waals surface area (Å²) < 4.78 is 48.1. The molecule has 32 heavy (non-hydrogen) atoms. The fraction of sp³-hybridized carbons (Fsp3) is 0.450. The Hall–Kier alpha value is -2.37. The minimum Gasteiger partial charge on any atom is -0.488 e. The van der Waals surface area contributed by atoms with Crippen molar-refractivity contribution in [2.45, 2.75) is 38.5 Å². The molecule has 7 nitrogen and oxygen atoms in total. The number of halogens is 4. The number of aromatic amines is 1.